The molecule has 0 fully saturated rings. The summed E-state index contributed by atoms with van der Waals surface area (Å²) in [6.07, 6.45) is 0. The van der Waals surface area contributed by atoms with Gasteiger partial charge in [0.2, 0.25) is 0 Å². The lowest BCUT2D eigenvalue weighted by molar-refractivity contribution is 0.205. The number of methoxy groups -OCH3 is 1. The molecule has 1 heterocycles. The highest BCUT2D eigenvalue weighted by molar-refractivity contribution is 6.31. The standard InChI is InChI=1S/C11H14ClFN2O/c1-16-5-4-15-3-2-14-10-7-9(13)8(12)6-11(10)15/h6-7,14H,2-5H2,1H3. The molecule has 0 amide bonds. The third-order valence-corrected chi connectivity index (χ3v) is 2.93. The van der Waals surface area contributed by atoms with Crippen LogP contribution in [-0.4, -0.2) is 33.4 Å². The molecule has 5 heteroatoms. The fourth-order valence-corrected chi connectivity index (χ4v) is 1.98. The molecule has 16 heavy (non-hydrogen) atoms. The van der Waals surface area contributed by atoms with Crippen LogP contribution in [0.15, 0.2) is 12.1 Å². The lowest BCUT2D eigenvalue weighted by atomic mass is 10.2. The van der Waals surface area contributed by atoms with Crippen molar-refractivity contribution in [1.29, 1.82) is 0 Å². The van der Waals surface area contributed by atoms with Gasteiger partial charge in [0.1, 0.15) is 5.82 Å². The predicted molar refractivity (Wildman–Crippen MR) is 64.0 cm³/mol. The van der Waals surface area contributed by atoms with E-state index in [4.69, 9.17) is 16.3 Å². The first kappa shape index (κ1) is 11.5. The first-order chi connectivity index (χ1) is 7.72. The highest BCUT2D eigenvalue weighted by Gasteiger charge is 2.18. The molecule has 0 aromatic heterocycles. The van der Waals surface area contributed by atoms with Gasteiger partial charge in [0.05, 0.1) is 23.0 Å². The second kappa shape index (κ2) is 4.89. The number of halogens is 2. The van der Waals surface area contributed by atoms with E-state index in [9.17, 15) is 4.39 Å². The maximum atomic E-state index is 13.3. The summed E-state index contributed by atoms with van der Waals surface area (Å²) in [5, 5.41) is 3.31. The quantitative estimate of drug-likeness (QED) is 0.884. The molecule has 1 aliphatic heterocycles. The fraction of sp³-hybridized carbons (Fsp3) is 0.455. The fourth-order valence-electron chi connectivity index (χ4n) is 1.82. The molecule has 1 N–H and O–H groups in total. The number of hydrogen-bond acceptors (Lipinski definition) is 3. The van der Waals surface area contributed by atoms with Crippen molar-refractivity contribution < 1.29 is 9.13 Å². The number of ether oxygens (including phenoxy) is 1. The summed E-state index contributed by atoms with van der Waals surface area (Å²) in [5.41, 5.74) is 1.74. The van der Waals surface area contributed by atoms with Crippen LogP contribution in [0.4, 0.5) is 15.8 Å². The molecule has 0 unspecified atom stereocenters. The second-order valence-corrected chi connectivity index (χ2v) is 4.10. The number of fused-ring (bicyclic) bond motifs is 1. The molecule has 0 atom stereocenters. The van der Waals surface area contributed by atoms with Gasteiger partial charge in [-0.15, -0.1) is 0 Å². The molecule has 0 spiro atoms. The van der Waals surface area contributed by atoms with Crippen LogP contribution in [0.25, 0.3) is 0 Å². The average molecular weight is 245 g/mol. The van der Waals surface area contributed by atoms with Crippen molar-refractivity contribution in [2.24, 2.45) is 0 Å². The Morgan fingerprint density at radius 2 is 2.38 bits per heavy atom. The predicted octanol–water partition coefficient (Wildman–Crippen LogP) is 2.36. The molecule has 88 valence electrons. The zero-order valence-electron chi connectivity index (χ0n) is 9.09. The minimum Gasteiger partial charge on any atom is -0.383 e. The third-order valence-electron chi connectivity index (χ3n) is 2.64. The van der Waals surface area contributed by atoms with Gasteiger partial charge >= 0.3 is 0 Å². The molecular weight excluding hydrogens is 231 g/mol. The van der Waals surface area contributed by atoms with E-state index < -0.39 is 0 Å². The SMILES string of the molecule is COCCN1CCNc2cc(F)c(Cl)cc21. The number of anilines is 2. The van der Waals surface area contributed by atoms with Gasteiger partial charge in [-0.25, -0.2) is 4.39 Å². The molecule has 1 aliphatic rings. The van der Waals surface area contributed by atoms with Crippen LogP contribution in [0, 0.1) is 5.82 Å². The van der Waals surface area contributed by atoms with Crippen LogP contribution in [0.2, 0.25) is 5.02 Å². The van der Waals surface area contributed by atoms with Gasteiger partial charge < -0.3 is 15.0 Å². The summed E-state index contributed by atoms with van der Waals surface area (Å²) in [4.78, 5) is 2.14. The monoisotopic (exact) mass is 244 g/mol. The van der Waals surface area contributed by atoms with Crippen molar-refractivity contribution in [3.8, 4) is 0 Å². The molecule has 1 aromatic rings. The summed E-state index contributed by atoms with van der Waals surface area (Å²) in [7, 11) is 1.67. The topological polar surface area (TPSA) is 24.5 Å². The number of nitrogens with zero attached hydrogens (tertiary/aromatic N) is 1. The zero-order valence-corrected chi connectivity index (χ0v) is 9.85. The summed E-state index contributed by atoms with van der Waals surface area (Å²) >= 11 is 5.78. The summed E-state index contributed by atoms with van der Waals surface area (Å²) in [6.45, 7) is 3.11. The van der Waals surface area contributed by atoms with Crippen molar-refractivity contribution in [3.05, 3.63) is 23.0 Å². The normalized spacial score (nSPS) is 14.6. The Balaban J connectivity index is 2.27. The highest BCUT2D eigenvalue weighted by atomic mass is 35.5. The maximum absolute atomic E-state index is 13.3. The van der Waals surface area contributed by atoms with E-state index in [-0.39, 0.29) is 10.8 Å². The molecule has 2 rings (SSSR count). The van der Waals surface area contributed by atoms with Crippen molar-refractivity contribution in [2.45, 2.75) is 0 Å². The van der Waals surface area contributed by atoms with Crippen molar-refractivity contribution in [1.82, 2.24) is 0 Å². The Hall–Kier alpha value is -1.00. The Bertz CT molecular complexity index is 386. The van der Waals surface area contributed by atoms with Crippen LogP contribution in [-0.2, 0) is 4.74 Å². The van der Waals surface area contributed by atoms with E-state index in [1.807, 2.05) is 0 Å². The molecule has 0 bridgehead atoms. The van der Waals surface area contributed by atoms with E-state index in [0.717, 1.165) is 31.0 Å². The smallest absolute Gasteiger partial charge is 0.143 e. The molecule has 0 aliphatic carbocycles. The Morgan fingerprint density at radius 1 is 1.56 bits per heavy atom. The minimum atomic E-state index is -0.387. The van der Waals surface area contributed by atoms with Crippen LogP contribution in [0.3, 0.4) is 0 Å². The lowest BCUT2D eigenvalue weighted by Crippen LogP contribution is -2.36. The van der Waals surface area contributed by atoms with Crippen LogP contribution < -0.4 is 10.2 Å². The van der Waals surface area contributed by atoms with Crippen LogP contribution in [0.1, 0.15) is 0 Å². The van der Waals surface area contributed by atoms with Crippen molar-refractivity contribution in [3.63, 3.8) is 0 Å². The Kier molecular flexibility index (Phi) is 3.51. The van der Waals surface area contributed by atoms with Crippen molar-refractivity contribution >= 4 is 23.0 Å². The summed E-state index contributed by atoms with van der Waals surface area (Å²) < 4.78 is 18.3. The molecule has 0 saturated carbocycles. The zero-order chi connectivity index (χ0) is 11.5. The highest BCUT2D eigenvalue weighted by Crippen LogP contribution is 2.33. The average Bonchev–Trinajstić information content (AvgIpc) is 2.28. The van der Waals surface area contributed by atoms with Gasteiger partial charge in [0.15, 0.2) is 0 Å². The van der Waals surface area contributed by atoms with Gasteiger partial charge in [-0.3, -0.25) is 0 Å². The molecule has 0 radical (unpaired) electrons. The second-order valence-electron chi connectivity index (χ2n) is 3.69. The van der Waals surface area contributed by atoms with Gasteiger partial charge in [0.25, 0.3) is 0 Å². The van der Waals surface area contributed by atoms with Crippen LogP contribution >= 0.6 is 11.6 Å². The van der Waals surface area contributed by atoms with E-state index >= 15 is 0 Å². The van der Waals surface area contributed by atoms with Crippen LogP contribution in [0.5, 0.6) is 0 Å². The van der Waals surface area contributed by atoms with E-state index in [1.165, 1.54) is 6.07 Å². The number of benzene rings is 1. The van der Waals surface area contributed by atoms with E-state index in [1.54, 1.807) is 13.2 Å². The molecular formula is C11H14ClFN2O. The van der Waals surface area contributed by atoms with Gasteiger partial charge in [-0.2, -0.15) is 0 Å². The molecule has 3 nitrogen and oxygen atoms in total. The summed E-state index contributed by atoms with van der Waals surface area (Å²) in [6, 6.07) is 3.10. The molecule has 0 saturated heterocycles. The largest absolute Gasteiger partial charge is 0.383 e. The van der Waals surface area contributed by atoms with E-state index in [0.29, 0.717) is 6.61 Å². The first-order valence-electron chi connectivity index (χ1n) is 5.19. The van der Waals surface area contributed by atoms with Gasteiger partial charge in [0, 0.05) is 32.8 Å². The number of rotatable bonds is 3. The Labute approximate surface area is 99.1 Å². The number of nitrogens with one attached hydrogen (secondary N) is 1. The third kappa shape index (κ3) is 2.23. The summed E-state index contributed by atoms with van der Waals surface area (Å²) in [5.74, 6) is -0.387. The first-order valence-corrected chi connectivity index (χ1v) is 5.57. The van der Waals surface area contributed by atoms with Crippen molar-refractivity contribution in [2.75, 3.05) is 43.6 Å². The number of hydrogen-bond donors (Lipinski definition) is 1. The van der Waals surface area contributed by atoms with Gasteiger partial charge in [-0.1, -0.05) is 11.6 Å². The minimum absolute atomic E-state index is 0.157. The Morgan fingerprint density at radius 3 is 3.12 bits per heavy atom. The van der Waals surface area contributed by atoms with Gasteiger partial charge in [-0.05, 0) is 6.07 Å². The maximum Gasteiger partial charge on any atom is 0.143 e. The lowest BCUT2D eigenvalue weighted by Gasteiger charge is -2.32. The van der Waals surface area contributed by atoms with E-state index in [2.05, 4.69) is 10.2 Å². The molecule has 1 aromatic carbocycles.